The van der Waals surface area contributed by atoms with Gasteiger partial charge in [0.1, 0.15) is 6.61 Å². The number of rotatable bonds is 5. The molecule has 0 aliphatic heterocycles. The van der Waals surface area contributed by atoms with Gasteiger partial charge in [-0.15, -0.1) is 0 Å². The molecule has 2 fully saturated rings. The Kier molecular flexibility index (Phi) is 4.02. The van der Waals surface area contributed by atoms with Crippen LogP contribution >= 0.6 is 0 Å². The van der Waals surface area contributed by atoms with Crippen molar-refractivity contribution in [3.8, 4) is 0 Å². The number of nitro benzene ring substituents is 1. The van der Waals surface area contributed by atoms with Crippen LogP contribution in [0.25, 0.3) is 0 Å². The van der Waals surface area contributed by atoms with E-state index in [0.29, 0.717) is 11.8 Å². The van der Waals surface area contributed by atoms with Crippen molar-refractivity contribution in [2.75, 3.05) is 0 Å². The van der Waals surface area contributed by atoms with Gasteiger partial charge in [-0.3, -0.25) is 19.7 Å². The summed E-state index contributed by atoms with van der Waals surface area (Å²) in [6, 6.07) is 3.92. The molecule has 1 aromatic carbocycles. The Morgan fingerprint density at radius 2 is 2.09 bits per heavy atom. The molecule has 2 aliphatic rings. The van der Waals surface area contributed by atoms with Gasteiger partial charge < -0.3 is 10.5 Å². The molecular formula is C16H18N2O5. The van der Waals surface area contributed by atoms with Crippen molar-refractivity contribution in [1.29, 1.82) is 0 Å². The van der Waals surface area contributed by atoms with Gasteiger partial charge in [0.2, 0.25) is 5.91 Å². The number of carbonyl (C=O) groups excluding carboxylic acids is 2. The highest BCUT2D eigenvalue weighted by Crippen LogP contribution is 2.48. The molecule has 122 valence electrons. The Labute approximate surface area is 132 Å². The second-order valence-corrected chi connectivity index (χ2v) is 6.35. The van der Waals surface area contributed by atoms with Crippen molar-refractivity contribution in [3.05, 3.63) is 39.4 Å². The number of nitro groups is 1. The molecule has 0 heterocycles. The number of primary amides is 1. The molecule has 3 rings (SSSR count). The van der Waals surface area contributed by atoms with Gasteiger partial charge in [0, 0.05) is 11.6 Å². The zero-order valence-electron chi connectivity index (χ0n) is 12.6. The summed E-state index contributed by atoms with van der Waals surface area (Å²) in [5, 5.41) is 11.1. The Balaban J connectivity index is 1.69. The first-order valence-corrected chi connectivity index (χ1v) is 7.69. The number of nitrogens with two attached hydrogens (primary N) is 1. The normalized spacial score (nSPS) is 25.3. The van der Waals surface area contributed by atoms with E-state index in [9.17, 15) is 19.7 Å². The van der Waals surface area contributed by atoms with Crippen LogP contribution < -0.4 is 5.73 Å². The molecule has 2 bridgehead atoms. The summed E-state index contributed by atoms with van der Waals surface area (Å²) in [6.07, 6.45) is 4.21. The van der Waals surface area contributed by atoms with E-state index < -0.39 is 10.8 Å². The molecule has 3 atom stereocenters. The van der Waals surface area contributed by atoms with Crippen LogP contribution in [0.2, 0.25) is 0 Å². The van der Waals surface area contributed by atoms with E-state index in [4.69, 9.17) is 10.5 Å². The summed E-state index contributed by atoms with van der Waals surface area (Å²) in [4.78, 5) is 33.8. The summed E-state index contributed by atoms with van der Waals surface area (Å²) in [5.41, 5.74) is 5.18. The summed E-state index contributed by atoms with van der Waals surface area (Å²) < 4.78 is 5.30. The molecule has 0 spiro atoms. The molecule has 7 nitrogen and oxygen atoms in total. The molecule has 0 aromatic heterocycles. The Morgan fingerprint density at radius 3 is 2.65 bits per heavy atom. The van der Waals surface area contributed by atoms with Crippen LogP contribution in [0.4, 0.5) is 5.69 Å². The number of nitrogens with zero attached hydrogens (tertiary/aromatic N) is 1. The van der Waals surface area contributed by atoms with Crippen LogP contribution in [0, 0.1) is 27.9 Å². The zero-order valence-corrected chi connectivity index (χ0v) is 12.6. The lowest BCUT2D eigenvalue weighted by molar-refractivity contribution is -0.385. The first-order chi connectivity index (χ1) is 11.0. The maximum Gasteiger partial charge on any atom is 0.309 e. The van der Waals surface area contributed by atoms with Crippen molar-refractivity contribution in [2.45, 2.75) is 32.3 Å². The summed E-state index contributed by atoms with van der Waals surface area (Å²) in [6.45, 7) is -0.165. The minimum atomic E-state index is -0.737. The van der Waals surface area contributed by atoms with Crippen molar-refractivity contribution in [2.24, 2.45) is 23.5 Å². The van der Waals surface area contributed by atoms with E-state index in [0.717, 1.165) is 25.3 Å². The molecule has 0 radical (unpaired) electrons. The van der Waals surface area contributed by atoms with E-state index in [-0.39, 0.29) is 35.3 Å². The monoisotopic (exact) mass is 318 g/mol. The van der Waals surface area contributed by atoms with Crippen molar-refractivity contribution in [1.82, 2.24) is 0 Å². The predicted molar refractivity (Wildman–Crippen MR) is 80.3 cm³/mol. The molecule has 1 aromatic rings. The molecule has 2 aliphatic carbocycles. The van der Waals surface area contributed by atoms with E-state index >= 15 is 0 Å². The second kappa shape index (κ2) is 5.98. The Hall–Kier alpha value is -2.44. The number of hydrogen-bond donors (Lipinski definition) is 1. The average Bonchev–Trinajstić information content (AvgIpc) is 3.15. The molecule has 2 saturated carbocycles. The van der Waals surface area contributed by atoms with Gasteiger partial charge in [0.25, 0.3) is 5.69 Å². The minimum absolute atomic E-state index is 0.0554. The summed E-state index contributed by atoms with van der Waals surface area (Å²) in [5.74, 6) is -0.0525. The molecule has 0 saturated heterocycles. The smallest absolute Gasteiger partial charge is 0.309 e. The number of amides is 1. The number of esters is 1. The molecule has 7 heteroatoms. The fourth-order valence-corrected chi connectivity index (χ4v) is 3.80. The zero-order chi connectivity index (χ0) is 16.6. The molecule has 23 heavy (non-hydrogen) atoms. The highest BCUT2D eigenvalue weighted by atomic mass is 16.6. The maximum atomic E-state index is 12.2. The Bertz CT molecular complexity index is 672. The van der Waals surface area contributed by atoms with Crippen molar-refractivity contribution in [3.63, 3.8) is 0 Å². The van der Waals surface area contributed by atoms with Gasteiger partial charge in [-0.2, -0.15) is 0 Å². The third-order valence-corrected chi connectivity index (χ3v) is 4.98. The highest BCUT2D eigenvalue weighted by molar-refractivity contribution is 5.93. The largest absolute Gasteiger partial charge is 0.460 e. The van der Waals surface area contributed by atoms with Crippen LogP contribution in [0.3, 0.4) is 0 Å². The number of ether oxygens (including phenoxy) is 1. The van der Waals surface area contributed by atoms with Gasteiger partial charge in [-0.25, -0.2) is 0 Å². The SMILES string of the molecule is NC(=O)c1ccc(COC(=O)[C@@H]2C[C@H]3CC[C@H]2C3)c([N+](=O)[O-])c1. The van der Waals surface area contributed by atoms with Crippen LogP contribution in [0.15, 0.2) is 18.2 Å². The lowest BCUT2D eigenvalue weighted by Crippen LogP contribution is -2.23. The lowest BCUT2D eigenvalue weighted by atomic mass is 9.89. The first-order valence-electron chi connectivity index (χ1n) is 7.69. The van der Waals surface area contributed by atoms with Crippen molar-refractivity contribution >= 4 is 17.6 Å². The van der Waals surface area contributed by atoms with Crippen LogP contribution in [-0.4, -0.2) is 16.8 Å². The highest BCUT2D eigenvalue weighted by Gasteiger charge is 2.43. The van der Waals surface area contributed by atoms with E-state index in [1.165, 1.54) is 18.6 Å². The fourth-order valence-electron chi connectivity index (χ4n) is 3.80. The minimum Gasteiger partial charge on any atom is -0.460 e. The maximum absolute atomic E-state index is 12.2. The van der Waals surface area contributed by atoms with Crippen LogP contribution in [-0.2, 0) is 16.1 Å². The lowest BCUT2D eigenvalue weighted by Gasteiger charge is -2.19. The van der Waals surface area contributed by atoms with Crippen LogP contribution in [0.5, 0.6) is 0 Å². The summed E-state index contributed by atoms with van der Waals surface area (Å²) >= 11 is 0. The molecular weight excluding hydrogens is 300 g/mol. The van der Waals surface area contributed by atoms with Gasteiger partial charge >= 0.3 is 5.97 Å². The third-order valence-electron chi connectivity index (χ3n) is 4.98. The topological polar surface area (TPSA) is 113 Å². The van der Waals surface area contributed by atoms with Gasteiger partial charge in [-0.05, 0) is 43.2 Å². The van der Waals surface area contributed by atoms with E-state index in [1.54, 1.807) is 0 Å². The van der Waals surface area contributed by atoms with Gasteiger partial charge in [-0.1, -0.05) is 6.42 Å². The van der Waals surface area contributed by atoms with Gasteiger partial charge in [0.05, 0.1) is 16.4 Å². The average molecular weight is 318 g/mol. The molecule has 1 amide bonds. The standard InChI is InChI=1S/C16H18N2O5/c17-15(19)11-3-4-12(14(7-11)18(21)22)8-23-16(20)13-6-9-1-2-10(13)5-9/h3-4,7,9-10,13H,1-2,5-6,8H2,(H2,17,19)/t9-,10-,13+/m0/s1. The van der Waals surface area contributed by atoms with Crippen LogP contribution in [0.1, 0.15) is 41.6 Å². The third kappa shape index (κ3) is 3.04. The van der Waals surface area contributed by atoms with Crippen molar-refractivity contribution < 1.29 is 19.2 Å². The number of fused-ring (bicyclic) bond motifs is 2. The number of carbonyl (C=O) groups is 2. The number of benzene rings is 1. The van der Waals surface area contributed by atoms with E-state index in [2.05, 4.69) is 0 Å². The molecule has 0 unspecified atom stereocenters. The Morgan fingerprint density at radius 1 is 1.30 bits per heavy atom. The number of hydrogen-bond acceptors (Lipinski definition) is 5. The fraction of sp³-hybridized carbons (Fsp3) is 0.500. The van der Waals surface area contributed by atoms with Gasteiger partial charge in [0.15, 0.2) is 0 Å². The van der Waals surface area contributed by atoms with E-state index in [1.807, 2.05) is 0 Å². The first kappa shape index (κ1) is 15.5. The quantitative estimate of drug-likeness (QED) is 0.508. The second-order valence-electron chi connectivity index (χ2n) is 6.35. The predicted octanol–water partition coefficient (Wildman–Crippen LogP) is 2.17. The summed E-state index contributed by atoms with van der Waals surface area (Å²) in [7, 11) is 0. The molecule has 2 N–H and O–H groups in total.